The maximum atomic E-state index is 12.9. The van der Waals surface area contributed by atoms with Gasteiger partial charge in [0.05, 0.1) is 13.0 Å². The SMILES string of the molecule is COC(=O)C1CC(C)N(C(=O)c2ccncc2)c2ccccc21. The molecule has 1 aromatic carbocycles. The van der Waals surface area contributed by atoms with Crippen LogP contribution in [0.4, 0.5) is 5.69 Å². The third-order valence-corrected chi connectivity index (χ3v) is 4.22. The second-order valence-corrected chi connectivity index (χ2v) is 5.63. The number of benzene rings is 1. The van der Waals surface area contributed by atoms with Crippen molar-refractivity contribution in [2.45, 2.75) is 25.3 Å². The van der Waals surface area contributed by atoms with E-state index in [1.807, 2.05) is 31.2 Å². The number of methoxy groups -OCH3 is 1. The lowest BCUT2D eigenvalue weighted by molar-refractivity contribution is -0.142. The van der Waals surface area contributed by atoms with E-state index >= 15 is 0 Å². The molecule has 0 aliphatic carbocycles. The average molecular weight is 310 g/mol. The summed E-state index contributed by atoms with van der Waals surface area (Å²) in [4.78, 5) is 30.7. The summed E-state index contributed by atoms with van der Waals surface area (Å²) >= 11 is 0. The Labute approximate surface area is 134 Å². The number of hydrogen-bond acceptors (Lipinski definition) is 4. The van der Waals surface area contributed by atoms with Crippen molar-refractivity contribution < 1.29 is 14.3 Å². The van der Waals surface area contributed by atoms with E-state index in [0.29, 0.717) is 12.0 Å². The van der Waals surface area contributed by atoms with Crippen molar-refractivity contribution in [1.82, 2.24) is 4.98 Å². The van der Waals surface area contributed by atoms with Gasteiger partial charge in [-0.3, -0.25) is 14.6 Å². The number of rotatable bonds is 2. The number of esters is 1. The topological polar surface area (TPSA) is 59.5 Å². The van der Waals surface area contributed by atoms with Crippen molar-refractivity contribution in [3.63, 3.8) is 0 Å². The van der Waals surface area contributed by atoms with Gasteiger partial charge in [-0.05, 0) is 37.1 Å². The fourth-order valence-electron chi connectivity index (χ4n) is 3.12. The Bertz CT molecular complexity index is 730. The molecule has 2 unspecified atom stereocenters. The number of para-hydroxylation sites is 1. The van der Waals surface area contributed by atoms with Gasteiger partial charge in [-0.25, -0.2) is 0 Å². The van der Waals surface area contributed by atoms with Crippen LogP contribution in [0.3, 0.4) is 0 Å². The quantitative estimate of drug-likeness (QED) is 0.800. The smallest absolute Gasteiger partial charge is 0.313 e. The number of carbonyl (C=O) groups excluding carboxylic acids is 2. The lowest BCUT2D eigenvalue weighted by Crippen LogP contribution is -2.44. The van der Waals surface area contributed by atoms with E-state index in [4.69, 9.17) is 4.74 Å². The van der Waals surface area contributed by atoms with Crippen molar-refractivity contribution in [3.05, 3.63) is 59.9 Å². The van der Waals surface area contributed by atoms with Crippen LogP contribution in [0.5, 0.6) is 0 Å². The molecule has 0 radical (unpaired) electrons. The molecular weight excluding hydrogens is 292 g/mol. The summed E-state index contributed by atoms with van der Waals surface area (Å²) in [5, 5.41) is 0. The Hall–Kier alpha value is -2.69. The second kappa shape index (κ2) is 6.20. The first-order chi connectivity index (χ1) is 11.1. The van der Waals surface area contributed by atoms with E-state index in [1.165, 1.54) is 7.11 Å². The number of nitrogens with zero attached hydrogens (tertiary/aromatic N) is 2. The van der Waals surface area contributed by atoms with E-state index in [1.54, 1.807) is 29.4 Å². The Kier molecular flexibility index (Phi) is 4.10. The first-order valence-electron chi connectivity index (χ1n) is 7.53. The van der Waals surface area contributed by atoms with Gasteiger partial charge in [0.2, 0.25) is 0 Å². The van der Waals surface area contributed by atoms with Crippen LogP contribution >= 0.6 is 0 Å². The van der Waals surface area contributed by atoms with Gasteiger partial charge in [0, 0.05) is 29.7 Å². The van der Waals surface area contributed by atoms with Crippen LogP contribution in [-0.4, -0.2) is 30.0 Å². The molecule has 5 heteroatoms. The highest BCUT2D eigenvalue weighted by Crippen LogP contribution is 2.39. The summed E-state index contributed by atoms with van der Waals surface area (Å²) in [5.74, 6) is -0.691. The normalized spacial score (nSPS) is 19.8. The number of carbonyl (C=O) groups is 2. The van der Waals surface area contributed by atoms with Gasteiger partial charge in [0.25, 0.3) is 5.91 Å². The molecule has 0 saturated heterocycles. The summed E-state index contributed by atoms with van der Waals surface area (Å²) in [5.41, 5.74) is 2.18. The van der Waals surface area contributed by atoms with Gasteiger partial charge < -0.3 is 9.64 Å². The molecule has 1 aromatic heterocycles. The number of aromatic nitrogens is 1. The zero-order valence-electron chi connectivity index (χ0n) is 13.1. The molecule has 0 N–H and O–H groups in total. The van der Waals surface area contributed by atoms with Crippen molar-refractivity contribution >= 4 is 17.6 Å². The van der Waals surface area contributed by atoms with Crippen LogP contribution in [0, 0.1) is 0 Å². The van der Waals surface area contributed by atoms with Crippen LogP contribution in [-0.2, 0) is 9.53 Å². The largest absolute Gasteiger partial charge is 0.469 e. The number of amides is 1. The fourth-order valence-corrected chi connectivity index (χ4v) is 3.12. The summed E-state index contributed by atoms with van der Waals surface area (Å²) in [6.45, 7) is 1.95. The number of ether oxygens (including phenoxy) is 1. The van der Waals surface area contributed by atoms with Crippen LogP contribution in [0.1, 0.15) is 35.2 Å². The van der Waals surface area contributed by atoms with E-state index in [-0.39, 0.29) is 23.8 Å². The second-order valence-electron chi connectivity index (χ2n) is 5.63. The molecule has 2 atom stereocenters. The number of anilines is 1. The molecule has 0 saturated carbocycles. The molecule has 23 heavy (non-hydrogen) atoms. The van der Waals surface area contributed by atoms with Gasteiger partial charge in [-0.1, -0.05) is 18.2 Å². The predicted molar refractivity (Wildman–Crippen MR) is 86.3 cm³/mol. The number of hydrogen-bond donors (Lipinski definition) is 0. The zero-order valence-corrected chi connectivity index (χ0v) is 13.1. The predicted octanol–water partition coefficient (Wildman–Crippen LogP) is 2.78. The van der Waals surface area contributed by atoms with Gasteiger partial charge >= 0.3 is 5.97 Å². The Morgan fingerprint density at radius 1 is 1.17 bits per heavy atom. The van der Waals surface area contributed by atoms with E-state index in [9.17, 15) is 9.59 Å². The van der Waals surface area contributed by atoms with Gasteiger partial charge in [-0.15, -0.1) is 0 Å². The van der Waals surface area contributed by atoms with Crippen LogP contribution < -0.4 is 4.90 Å². The fraction of sp³-hybridized carbons (Fsp3) is 0.278. The van der Waals surface area contributed by atoms with Crippen molar-refractivity contribution in [2.75, 3.05) is 12.0 Å². The van der Waals surface area contributed by atoms with Crippen molar-refractivity contribution in [3.8, 4) is 0 Å². The van der Waals surface area contributed by atoms with E-state index < -0.39 is 0 Å². The van der Waals surface area contributed by atoms with Crippen LogP contribution in [0.25, 0.3) is 0 Å². The highest BCUT2D eigenvalue weighted by molar-refractivity contribution is 6.07. The minimum Gasteiger partial charge on any atom is -0.469 e. The Balaban J connectivity index is 2.05. The number of pyridine rings is 1. The summed E-state index contributed by atoms with van der Waals surface area (Å²) in [7, 11) is 1.39. The van der Waals surface area contributed by atoms with Gasteiger partial charge in [-0.2, -0.15) is 0 Å². The minimum atomic E-state index is -0.340. The molecule has 1 amide bonds. The lowest BCUT2D eigenvalue weighted by Gasteiger charge is -2.38. The third kappa shape index (κ3) is 2.70. The summed E-state index contributed by atoms with van der Waals surface area (Å²) < 4.78 is 4.92. The maximum absolute atomic E-state index is 12.9. The molecular formula is C18H18N2O3. The van der Waals surface area contributed by atoms with Crippen molar-refractivity contribution in [1.29, 1.82) is 0 Å². The van der Waals surface area contributed by atoms with Gasteiger partial charge in [0.15, 0.2) is 0 Å². The molecule has 118 valence electrons. The lowest BCUT2D eigenvalue weighted by atomic mass is 9.85. The van der Waals surface area contributed by atoms with Crippen molar-refractivity contribution in [2.24, 2.45) is 0 Å². The first-order valence-corrected chi connectivity index (χ1v) is 7.53. The highest BCUT2D eigenvalue weighted by Gasteiger charge is 2.37. The molecule has 1 aliphatic rings. The maximum Gasteiger partial charge on any atom is 0.313 e. The van der Waals surface area contributed by atoms with E-state index in [0.717, 1.165) is 11.3 Å². The molecule has 0 bridgehead atoms. The Morgan fingerprint density at radius 3 is 2.57 bits per heavy atom. The summed E-state index contributed by atoms with van der Waals surface area (Å²) in [6, 6.07) is 10.8. The third-order valence-electron chi connectivity index (χ3n) is 4.22. The van der Waals surface area contributed by atoms with Crippen LogP contribution in [0.15, 0.2) is 48.8 Å². The molecule has 2 aromatic rings. The molecule has 0 spiro atoms. The monoisotopic (exact) mass is 310 g/mol. The molecule has 1 aliphatic heterocycles. The highest BCUT2D eigenvalue weighted by atomic mass is 16.5. The molecule has 2 heterocycles. The first kappa shape index (κ1) is 15.2. The van der Waals surface area contributed by atoms with E-state index in [2.05, 4.69) is 4.98 Å². The van der Waals surface area contributed by atoms with Crippen LogP contribution in [0.2, 0.25) is 0 Å². The van der Waals surface area contributed by atoms with Gasteiger partial charge in [0.1, 0.15) is 0 Å². The minimum absolute atomic E-state index is 0.0873. The summed E-state index contributed by atoms with van der Waals surface area (Å²) in [6.07, 6.45) is 3.75. The Morgan fingerprint density at radius 2 is 1.87 bits per heavy atom. The molecule has 5 nitrogen and oxygen atoms in total. The number of fused-ring (bicyclic) bond motifs is 1. The molecule has 0 fully saturated rings. The average Bonchev–Trinajstić information content (AvgIpc) is 2.60. The molecule has 3 rings (SSSR count). The zero-order chi connectivity index (χ0) is 16.4. The standard InChI is InChI=1S/C18H18N2O3/c1-12-11-15(18(22)23-2)14-5-3-4-6-16(14)20(12)17(21)13-7-9-19-10-8-13/h3-10,12,15H,11H2,1-2H3.